The van der Waals surface area contributed by atoms with E-state index in [1.165, 1.54) is 38.1 Å². The van der Waals surface area contributed by atoms with Gasteiger partial charge in [0.15, 0.2) is 11.3 Å². The Labute approximate surface area is 340 Å². The standard InChI is InChI=1S/C43H49F3N4O9/c1-26(2)34(47)39(55)50-23-11-22-42(50,41(57)49-35(27(3)4)37(53)43(44,45)46)36(52)30-16-18-31(19-17-30)38(54)48-32(40(56)59-25-29-14-9-6-10-15-29)20-21-33(51)58-24-28-12-7-5-8-13-28/h5-10,12-19,26-27,32,34-35H,11,20-25,47H2,1-4H3,(H,48,54)(H,49,57)/t32-,34-,35?,42+/m0/s1. The molecule has 3 aromatic rings. The molecule has 3 aromatic carbocycles. The van der Waals surface area contributed by atoms with Crippen LogP contribution in [-0.2, 0) is 46.7 Å². The normalized spacial score (nSPS) is 16.8. The number of alkyl halides is 3. The van der Waals surface area contributed by atoms with E-state index in [1.807, 2.05) is 6.07 Å². The molecule has 3 amide bonds. The number of halogens is 3. The summed E-state index contributed by atoms with van der Waals surface area (Å²) >= 11 is 0. The first kappa shape index (κ1) is 45.8. The molecule has 0 aromatic heterocycles. The van der Waals surface area contributed by atoms with Crippen LogP contribution in [0.5, 0.6) is 0 Å². The van der Waals surface area contributed by atoms with E-state index in [0.29, 0.717) is 5.56 Å². The van der Waals surface area contributed by atoms with Crippen molar-refractivity contribution in [2.24, 2.45) is 17.6 Å². The quantitative estimate of drug-likeness (QED) is 0.0909. The predicted octanol–water partition coefficient (Wildman–Crippen LogP) is 4.85. The molecule has 59 heavy (non-hydrogen) atoms. The summed E-state index contributed by atoms with van der Waals surface area (Å²) in [7, 11) is 0. The predicted molar refractivity (Wildman–Crippen MR) is 208 cm³/mol. The fourth-order valence-corrected chi connectivity index (χ4v) is 6.53. The molecular formula is C43H49F3N4O9. The van der Waals surface area contributed by atoms with Gasteiger partial charge in [-0.15, -0.1) is 0 Å². The van der Waals surface area contributed by atoms with E-state index in [0.717, 1.165) is 10.5 Å². The number of hydrogen-bond donors (Lipinski definition) is 3. The average molecular weight is 823 g/mol. The molecule has 13 nitrogen and oxygen atoms in total. The van der Waals surface area contributed by atoms with Crippen molar-refractivity contribution in [2.45, 2.75) is 96.4 Å². The van der Waals surface area contributed by atoms with Crippen molar-refractivity contribution in [3.05, 3.63) is 107 Å². The van der Waals surface area contributed by atoms with Gasteiger partial charge in [-0.3, -0.25) is 28.8 Å². The third kappa shape index (κ3) is 11.6. The Balaban J connectivity index is 1.58. The molecule has 1 saturated heterocycles. The van der Waals surface area contributed by atoms with Gasteiger partial charge in [0.2, 0.25) is 5.91 Å². The van der Waals surface area contributed by atoms with Crippen LogP contribution in [0, 0.1) is 11.8 Å². The van der Waals surface area contributed by atoms with Crippen molar-refractivity contribution >= 4 is 41.2 Å². The maximum atomic E-state index is 14.5. The van der Waals surface area contributed by atoms with E-state index in [-0.39, 0.29) is 56.6 Å². The Kier molecular flexibility index (Phi) is 15.7. The number of hydrogen-bond acceptors (Lipinski definition) is 10. The highest BCUT2D eigenvalue weighted by Crippen LogP contribution is 2.35. The molecular weight excluding hydrogens is 773 g/mol. The number of Topliss-reactive ketones (excluding diaryl/α,β-unsaturated/α-hetero) is 2. The Hall–Kier alpha value is -5.90. The van der Waals surface area contributed by atoms with Crippen LogP contribution in [0.25, 0.3) is 0 Å². The van der Waals surface area contributed by atoms with Crippen LogP contribution >= 0.6 is 0 Å². The van der Waals surface area contributed by atoms with E-state index in [4.69, 9.17) is 15.2 Å². The SMILES string of the molecule is CC(C)C(NC(=O)[C@]1(C(=O)c2ccc(C(=O)N[C@@H](CCC(=O)OCc3ccccc3)C(=O)OCc3ccccc3)cc2)CCCN1C(=O)[C@@H](N)C(C)C)C(=O)C(F)(F)F. The van der Waals surface area contributed by atoms with Crippen LogP contribution in [0.2, 0.25) is 0 Å². The molecule has 4 N–H and O–H groups in total. The molecule has 1 heterocycles. The number of amides is 3. The monoisotopic (exact) mass is 822 g/mol. The summed E-state index contributed by atoms with van der Waals surface area (Å²) in [6.07, 6.45) is -5.92. The van der Waals surface area contributed by atoms with Crippen molar-refractivity contribution in [3.63, 3.8) is 0 Å². The third-order valence-corrected chi connectivity index (χ3v) is 10.0. The highest BCUT2D eigenvalue weighted by Gasteiger charge is 2.57. The number of ketones is 2. The van der Waals surface area contributed by atoms with Gasteiger partial charge in [-0.1, -0.05) is 100 Å². The summed E-state index contributed by atoms with van der Waals surface area (Å²) in [6.45, 7) is 5.65. The molecule has 1 fully saturated rings. The molecule has 1 unspecified atom stereocenters. The fraction of sp³-hybridized carbons (Fsp3) is 0.419. The molecule has 0 bridgehead atoms. The minimum Gasteiger partial charge on any atom is -0.461 e. The van der Waals surface area contributed by atoms with Crippen LogP contribution in [0.3, 0.4) is 0 Å². The van der Waals surface area contributed by atoms with Gasteiger partial charge in [-0.05, 0) is 54.4 Å². The van der Waals surface area contributed by atoms with Crippen LogP contribution in [0.15, 0.2) is 84.9 Å². The molecule has 1 aliphatic heterocycles. The fourth-order valence-electron chi connectivity index (χ4n) is 6.53. The Bertz CT molecular complexity index is 1980. The summed E-state index contributed by atoms with van der Waals surface area (Å²) in [5.74, 6) is -8.97. The minimum atomic E-state index is -5.30. The van der Waals surface area contributed by atoms with Gasteiger partial charge < -0.3 is 30.7 Å². The molecule has 4 rings (SSSR count). The van der Waals surface area contributed by atoms with E-state index in [1.54, 1.807) is 68.4 Å². The molecule has 0 aliphatic carbocycles. The summed E-state index contributed by atoms with van der Waals surface area (Å²) < 4.78 is 51.5. The molecule has 0 radical (unpaired) electrons. The van der Waals surface area contributed by atoms with Crippen LogP contribution in [0.1, 0.15) is 85.2 Å². The molecule has 1 aliphatic rings. The first-order valence-electron chi connectivity index (χ1n) is 19.2. The maximum absolute atomic E-state index is 14.5. The Morgan fingerprint density at radius 2 is 1.31 bits per heavy atom. The van der Waals surface area contributed by atoms with Gasteiger partial charge >= 0.3 is 18.1 Å². The molecule has 16 heteroatoms. The molecule has 316 valence electrons. The number of nitrogens with zero attached hydrogens (tertiary/aromatic N) is 1. The smallest absolute Gasteiger partial charge is 0.452 e. The topological polar surface area (TPSA) is 191 Å². The van der Waals surface area contributed by atoms with Gasteiger partial charge in [0.25, 0.3) is 17.6 Å². The van der Waals surface area contributed by atoms with E-state index in [2.05, 4.69) is 10.6 Å². The van der Waals surface area contributed by atoms with Gasteiger partial charge in [-0.25, -0.2) is 4.79 Å². The number of carbonyl (C=O) groups excluding carboxylic acids is 7. The second kappa shape index (κ2) is 20.2. The summed E-state index contributed by atoms with van der Waals surface area (Å²) in [4.78, 5) is 95.0. The highest BCUT2D eigenvalue weighted by molar-refractivity contribution is 6.20. The van der Waals surface area contributed by atoms with Crippen LogP contribution in [-0.4, -0.2) is 82.5 Å². The number of esters is 2. The lowest BCUT2D eigenvalue weighted by Crippen LogP contribution is -2.67. The summed E-state index contributed by atoms with van der Waals surface area (Å²) in [5, 5.41) is 4.69. The van der Waals surface area contributed by atoms with E-state index in [9.17, 15) is 46.7 Å². The van der Waals surface area contributed by atoms with Crippen LogP contribution < -0.4 is 16.4 Å². The summed E-state index contributed by atoms with van der Waals surface area (Å²) in [5.41, 5.74) is 4.98. The Morgan fingerprint density at radius 1 is 0.763 bits per heavy atom. The molecule has 0 saturated carbocycles. The van der Waals surface area contributed by atoms with E-state index < -0.39 is 82.9 Å². The first-order chi connectivity index (χ1) is 27.9. The van der Waals surface area contributed by atoms with Crippen molar-refractivity contribution in [3.8, 4) is 0 Å². The second-order valence-corrected chi connectivity index (χ2v) is 15.0. The number of carbonyl (C=O) groups is 7. The largest absolute Gasteiger partial charge is 0.461 e. The zero-order chi connectivity index (χ0) is 43.5. The molecule has 0 spiro atoms. The van der Waals surface area contributed by atoms with Gasteiger partial charge in [0.05, 0.1) is 12.1 Å². The number of rotatable bonds is 18. The maximum Gasteiger partial charge on any atom is 0.452 e. The lowest BCUT2D eigenvalue weighted by molar-refractivity contribution is -0.175. The van der Waals surface area contributed by atoms with Crippen molar-refractivity contribution in [1.29, 1.82) is 0 Å². The number of ether oxygens (including phenoxy) is 2. The lowest BCUT2D eigenvalue weighted by Gasteiger charge is -2.39. The van der Waals surface area contributed by atoms with Crippen molar-refractivity contribution in [1.82, 2.24) is 15.5 Å². The lowest BCUT2D eigenvalue weighted by atomic mass is 9.83. The molecule has 4 atom stereocenters. The van der Waals surface area contributed by atoms with Crippen LogP contribution in [0.4, 0.5) is 13.2 Å². The van der Waals surface area contributed by atoms with Gasteiger partial charge in [0, 0.05) is 24.1 Å². The average Bonchev–Trinajstić information content (AvgIpc) is 3.68. The first-order valence-corrected chi connectivity index (χ1v) is 19.2. The number of nitrogens with one attached hydrogen (secondary N) is 2. The summed E-state index contributed by atoms with van der Waals surface area (Å²) in [6, 6.07) is 18.0. The Morgan fingerprint density at radius 3 is 1.83 bits per heavy atom. The minimum absolute atomic E-state index is 0.00358. The van der Waals surface area contributed by atoms with Crippen molar-refractivity contribution < 1.29 is 56.2 Å². The number of benzene rings is 3. The number of likely N-dealkylation sites (tertiary alicyclic amines) is 1. The van der Waals surface area contributed by atoms with E-state index >= 15 is 0 Å². The zero-order valence-corrected chi connectivity index (χ0v) is 33.3. The van der Waals surface area contributed by atoms with Gasteiger partial charge in [0.1, 0.15) is 19.3 Å². The van der Waals surface area contributed by atoms with Crippen molar-refractivity contribution in [2.75, 3.05) is 6.54 Å². The van der Waals surface area contributed by atoms with Gasteiger partial charge in [-0.2, -0.15) is 13.2 Å². The second-order valence-electron chi connectivity index (χ2n) is 15.0. The number of nitrogens with two attached hydrogens (primary N) is 1. The highest BCUT2D eigenvalue weighted by atomic mass is 19.4. The third-order valence-electron chi connectivity index (χ3n) is 10.0. The zero-order valence-electron chi connectivity index (χ0n) is 33.3.